The molecular formula is C19H22N2O8S. The molecule has 2 aromatic rings. The lowest BCUT2D eigenvalue weighted by molar-refractivity contribution is -0.153. The van der Waals surface area contributed by atoms with Gasteiger partial charge in [0.1, 0.15) is 35.0 Å². The highest BCUT2D eigenvalue weighted by Crippen LogP contribution is 2.38. The Morgan fingerprint density at radius 3 is 2.57 bits per heavy atom. The number of aromatic hydroxyl groups is 1. The molecule has 0 spiro atoms. The number of hydrogen-bond donors (Lipinski definition) is 2. The van der Waals surface area contributed by atoms with Crippen molar-refractivity contribution in [2.75, 3.05) is 19.4 Å². The molecule has 2 heterocycles. The zero-order valence-corrected chi connectivity index (χ0v) is 17.8. The maximum atomic E-state index is 12.9. The molecule has 0 radical (unpaired) electrons. The fourth-order valence-electron chi connectivity index (χ4n) is 3.19. The number of aromatic nitrogens is 1. The Labute approximate surface area is 172 Å². The smallest absolute Gasteiger partial charge is 0.325 e. The summed E-state index contributed by atoms with van der Waals surface area (Å²) in [6.07, 6.45) is 1.00. The Morgan fingerprint density at radius 1 is 1.30 bits per heavy atom. The van der Waals surface area contributed by atoms with Crippen molar-refractivity contribution in [3.8, 4) is 11.5 Å². The molecule has 30 heavy (non-hydrogen) atoms. The van der Waals surface area contributed by atoms with E-state index in [0.29, 0.717) is 0 Å². The minimum Gasteiger partial charge on any atom is -0.506 e. The maximum Gasteiger partial charge on any atom is 0.325 e. The van der Waals surface area contributed by atoms with Gasteiger partial charge in [-0.2, -0.15) is 0 Å². The van der Waals surface area contributed by atoms with Gasteiger partial charge in [-0.1, -0.05) is 0 Å². The number of rotatable bonds is 4. The monoisotopic (exact) mass is 438 g/mol. The van der Waals surface area contributed by atoms with Crippen molar-refractivity contribution in [1.29, 1.82) is 0 Å². The van der Waals surface area contributed by atoms with Gasteiger partial charge in [-0.15, -0.1) is 0 Å². The Bertz CT molecular complexity index is 1220. The molecule has 0 fully saturated rings. The van der Waals surface area contributed by atoms with Gasteiger partial charge in [0, 0.05) is 11.6 Å². The average molecular weight is 438 g/mol. The van der Waals surface area contributed by atoms with Crippen LogP contribution in [0.1, 0.15) is 31.1 Å². The number of nitrogens with zero attached hydrogens (tertiary/aromatic N) is 1. The van der Waals surface area contributed by atoms with E-state index in [1.165, 1.54) is 16.7 Å². The van der Waals surface area contributed by atoms with Crippen LogP contribution in [-0.2, 0) is 25.9 Å². The van der Waals surface area contributed by atoms with Gasteiger partial charge in [0.15, 0.2) is 15.6 Å². The fraction of sp³-hybridized carbons (Fsp3) is 0.421. The SMILES string of the molecule is CC(C)(C)OC(=O)CNC(=O)c1c(O)c2ccc(S(C)(=O)=O)c3c2n(c1=O)CCO3. The van der Waals surface area contributed by atoms with Crippen LogP contribution in [-0.4, -0.2) is 55.0 Å². The summed E-state index contributed by atoms with van der Waals surface area (Å²) in [5.41, 5.74) is -2.03. The lowest BCUT2D eigenvalue weighted by atomic mass is 10.1. The van der Waals surface area contributed by atoms with Gasteiger partial charge in [-0.3, -0.25) is 14.4 Å². The minimum atomic E-state index is -3.66. The highest BCUT2D eigenvalue weighted by Gasteiger charge is 2.29. The quantitative estimate of drug-likeness (QED) is 0.660. The molecule has 2 N–H and O–H groups in total. The molecule has 0 saturated heterocycles. The van der Waals surface area contributed by atoms with Gasteiger partial charge in [-0.25, -0.2) is 8.42 Å². The Kier molecular flexibility index (Phi) is 5.27. The molecule has 1 aliphatic heterocycles. The number of amides is 1. The first-order valence-corrected chi connectivity index (χ1v) is 11.0. The molecule has 1 aromatic carbocycles. The number of pyridine rings is 1. The summed E-state index contributed by atoms with van der Waals surface area (Å²) in [6.45, 7) is 4.59. The normalized spacial score (nSPS) is 13.6. The molecule has 0 bridgehead atoms. The Hall–Kier alpha value is -3.08. The predicted octanol–water partition coefficient (Wildman–Crippen LogP) is 0.575. The van der Waals surface area contributed by atoms with Crippen molar-refractivity contribution < 1.29 is 32.6 Å². The minimum absolute atomic E-state index is 0.0122. The zero-order chi connectivity index (χ0) is 22.4. The number of carbonyl (C=O) groups excluding carboxylic acids is 2. The van der Waals surface area contributed by atoms with Crippen molar-refractivity contribution in [3.05, 3.63) is 28.0 Å². The van der Waals surface area contributed by atoms with E-state index >= 15 is 0 Å². The molecule has 10 nitrogen and oxygen atoms in total. The first kappa shape index (κ1) is 21.6. The van der Waals surface area contributed by atoms with Crippen LogP contribution in [0.2, 0.25) is 0 Å². The van der Waals surface area contributed by atoms with Crippen molar-refractivity contribution in [2.45, 2.75) is 37.8 Å². The van der Waals surface area contributed by atoms with Crippen molar-refractivity contribution >= 4 is 32.6 Å². The number of carbonyl (C=O) groups is 2. The summed E-state index contributed by atoms with van der Waals surface area (Å²) in [7, 11) is -3.66. The molecule has 0 saturated carbocycles. The predicted molar refractivity (Wildman–Crippen MR) is 107 cm³/mol. The second-order valence-corrected chi connectivity index (χ2v) is 9.84. The summed E-state index contributed by atoms with van der Waals surface area (Å²) in [4.78, 5) is 37.2. The van der Waals surface area contributed by atoms with Crippen LogP contribution in [0.25, 0.3) is 10.9 Å². The molecule has 162 valence electrons. The molecule has 1 aromatic heterocycles. The highest BCUT2D eigenvalue weighted by molar-refractivity contribution is 7.90. The lowest BCUT2D eigenvalue weighted by Gasteiger charge is -2.23. The number of nitrogens with one attached hydrogen (secondary N) is 1. The van der Waals surface area contributed by atoms with Crippen LogP contribution in [0.4, 0.5) is 0 Å². The van der Waals surface area contributed by atoms with E-state index < -0.39 is 50.7 Å². The van der Waals surface area contributed by atoms with Crippen molar-refractivity contribution in [3.63, 3.8) is 0 Å². The third kappa shape index (κ3) is 3.97. The van der Waals surface area contributed by atoms with Crippen LogP contribution in [0.5, 0.6) is 11.5 Å². The summed E-state index contributed by atoms with van der Waals surface area (Å²) in [6, 6.07) is 2.55. The summed E-state index contributed by atoms with van der Waals surface area (Å²) < 4.78 is 35.9. The van der Waals surface area contributed by atoms with E-state index in [-0.39, 0.29) is 34.7 Å². The van der Waals surface area contributed by atoms with E-state index in [1.807, 2.05) is 0 Å². The van der Waals surface area contributed by atoms with Gasteiger partial charge in [-0.05, 0) is 32.9 Å². The first-order valence-electron chi connectivity index (χ1n) is 9.06. The lowest BCUT2D eigenvalue weighted by Crippen LogP contribution is -2.39. The van der Waals surface area contributed by atoms with Gasteiger partial charge in [0.05, 0.1) is 12.1 Å². The first-order chi connectivity index (χ1) is 13.8. The molecule has 0 aliphatic carbocycles. The van der Waals surface area contributed by atoms with E-state index in [0.717, 1.165) is 6.26 Å². The fourth-order valence-corrected chi connectivity index (χ4v) is 4.00. The average Bonchev–Trinajstić information content (AvgIpc) is 2.61. The third-order valence-corrected chi connectivity index (χ3v) is 5.44. The van der Waals surface area contributed by atoms with E-state index in [1.54, 1.807) is 20.8 Å². The maximum absolute atomic E-state index is 12.9. The highest BCUT2D eigenvalue weighted by atomic mass is 32.2. The van der Waals surface area contributed by atoms with E-state index in [2.05, 4.69) is 5.32 Å². The molecular weight excluding hydrogens is 416 g/mol. The van der Waals surface area contributed by atoms with Crippen molar-refractivity contribution in [2.24, 2.45) is 0 Å². The largest absolute Gasteiger partial charge is 0.506 e. The van der Waals surface area contributed by atoms with Crippen LogP contribution in [0, 0.1) is 0 Å². The topological polar surface area (TPSA) is 141 Å². The molecule has 1 aliphatic rings. The molecule has 0 unspecified atom stereocenters. The molecule has 0 atom stereocenters. The van der Waals surface area contributed by atoms with Crippen LogP contribution < -0.4 is 15.6 Å². The Morgan fingerprint density at radius 2 is 1.97 bits per heavy atom. The number of esters is 1. The summed E-state index contributed by atoms with van der Waals surface area (Å²) in [5, 5.41) is 13.0. The standard InChI is InChI=1S/C19H22N2O8S/c1-19(2,3)29-12(22)9-20-17(24)13-15(23)10-5-6-11(30(4,26)27)16-14(10)21(18(13)25)7-8-28-16/h5-6,23H,7-9H2,1-4H3,(H,20,24). The van der Waals surface area contributed by atoms with Gasteiger partial charge >= 0.3 is 5.97 Å². The van der Waals surface area contributed by atoms with Crippen LogP contribution >= 0.6 is 0 Å². The molecule has 3 rings (SSSR count). The number of sulfone groups is 1. The summed E-state index contributed by atoms with van der Waals surface area (Å²) in [5.74, 6) is -2.32. The Balaban J connectivity index is 2.07. The second kappa shape index (κ2) is 7.31. The van der Waals surface area contributed by atoms with Crippen LogP contribution in [0.15, 0.2) is 21.8 Å². The summed E-state index contributed by atoms with van der Waals surface area (Å²) >= 11 is 0. The molecule has 1 amide bonds. The van der Waals surface area contributed by atoms with Crippen molar-refractivity contribution in [1.82, 2.24) is 9.88 Å². The van der Waals surface area contributed by atoms with E-state index in [9.17, 15) is 27.9 Å². The zero-order valence-electron chi connectivity index (χ0n) is 16.9. The molecule has 11 heteroatoms. The number of benzene rings is 1. The second-order valence-electron chi connectivity index (χ2n) is 7.86. The van der Waals surface area contributed by atoms with Crippen LogP contribution in [0.3, 0.4) is 0 Å². The number of ether oxygens (including phenoxy) is 2. The van der Waals surface area contributed by atoms with Gasteiger partial charge in [0.25, 0.3) is 11.5 Å². The number of hydrogen-bond acceptors (Lipinski definition) is 8. The third-order valence-electron chi connectivity index (χ3n) is 4.32. The van der Waals surface area contributed by atoms with Gasteiger partial charge < -0.3 is 24.5 Å². The van der Waals surface area contributed by atoms with Gasteiger partial charge in [0.2, 0.25) is 0 Å². The van der Waals surface area contributed by atoms with E-state index in [4.69, 9.17) is 9.47 Å².